The molecule has 2 aliphatic rings. The van der Waals surface area contributed by atoms with E-state index in [0.717, 1.165) is 0 Å². The summed E-state index contributed by atoms with van der Waals surface area (Å²) in [6.45, 7) is 1.09. The molecule has 0 fully saturated rings. The van der Waals surface area contributed by atoms with Crippen molar-refractivity contribution in [1.29, 1.82) is 0 Å². The topological polar surface area (TPSA) is 107 Å². The molecule has 1 aliphatic heterocycles. The van der Waals surface area contributed by atoms with Crippen LogP contribution in [0.1, 0.15) is 22.3 Å². The first-order valence-corrected chi connectivity index (χ1v) is 10.7. The number of fused-ring (bicyclic) bond motifs is 6. The predicted octanol–water partition coefficient (Wildman–Crippen LogP) is 2.64. The Bertz CT molecular complexity index is 1520. The zero-order valence-electron chi connectivity index (χ0n) is 18.5. The molecule has 0 spiro atoms. The summed E-state index contributed by atoms with van der Waals surface area (Å²) in [5, 5.41) is 0.869. The number of benzene rings is 1. The van der Waals surface area contributed by atoms with Gasteiger partial charge < -0.3 is 28.1 Å². The number of aryl methyl sites for hydroxylation is 1. The summed E-state index contributed by atoms with van der Waals surface area (Å²) >= 11 is 0. The first-order chi connectivity index (χ1) is 16.6. The Kier molecular flexibility index (Phi) is 4.54. The smallest absolute Gasteiger partial charge is 0.260 e. The van der Waals surface area contributed by atoms with Crippen LogP contribution in [0.3, 0.4) is 0 Å². The third-order valence-electron chi connectivity index (χ3n) is 6.19. The maximum Gasteiger partial charge on any atom is 0.260 e. The molecular formula is C24H20N4O6. The van der Waals surface area contributed by atoms with Crippen molar-refractivity contribution < 1.29 is 23.7 Å². The molecule has 0 bridgehead atoms. The van der Waals surface area contributed by atoms with Gasteiger partial charge in [0.25, 0.3) is 11.4 Å². The Morgan fingerprint density at radius 1 is 1.03 bits per heavy atom. The molecule has 10 nitrogen and oxygen atoms in total. The Balaban J connectivity index is 1.59. The van der Waals surface area contributed by atoms with E-state index in [1.54, 1.807) is 35.3 Å². The lowest BCUT2D eigenvalue weighted by Gasteiger charge is -2.16. The summed E-state index contributed by atoms with van der Waals surface area (Å²) < 4.78 is 25.3. The molecule has 0 saturated heterocycles. The number of methoxy groups -OCH3 is 2. The van der Waals surface area contributed by atoms with Gasteiger partial charge in [-0.2, -0.15) is 0 Å². The number of rotatable bonds is 6. The number of imidazole rings is 1. The number of aromatic nitrogens is 4. The van der Waals surface area contributed by atoms with Crippen LogP contribution in [0.2, 0.25) is 0 Å². The second kappa shape index (κ2) is 7.62. The van der Waals surface area contributed by atoms with Gasteiger partial charge in [0, 0.05) is 30.9 Å². The van der Waals surface area contributed by atoms with Gasteiger partial charge in [0.05, 0.1) is 42.8 Å². The Labute approximate surface area is 193 Å². The molecule has 1 aromatic carbocycles. The third-order valence-corrected chi connectivity index (χ3v) is 6.19. The highest BCUT2D eigenvalue weighted by molar-refractivity contribution is 6.26. The van der Waals surface area contributed by atoms with Crippen molar-refractivity contribution in [3.63, 3.8) is 0 Å². The molecular weight excluding hydrogens is 440 g/mol. The van der Waals surface area contributed by atoms with E-state index in [1.165, 1.54) is 14.2 Å². The quantitative estimate of drug-likeness (QED) is 0.381. The SMILES string of the molecule is COc1cc2c3c(n(CCCn4ccnc4)c(=O)c2cc1OC)-c1nc2c(cc1C3=O)OCO2. The molecule has 6 rings (SSSR count). The first kappa shape index (κ1) is 20.3. The summed E-state index contributed by atoms with van der Waals surface area (Å²) in [5.74, 6) is 1.34. The molecule has 0 N–H and O–H groups in total. The lowest BCUT2D eigenvalue weighted by atomic mass is 10.0. The molecule has 0 unspecified atom stereocenters. The van der Waals surface area contributed by atoms with Crippen molar-refractivity contribution >= 4 is 16.6 Å². The number of carbonyl (C=O) groups excluding carboxylic acids is 1. The first-order valence-electron chi connectivity index (χ1n) is 10.7. The van der Waals surface area contributed by atoms with Gasteiger partial charge in [-0.25, -0.2) is 9.97 Å². The highest BCUT2D eigenvalue weighted by Crippen LogP contribution is 2.44. The van der Waals surface area contributed by atoms with Gasteiger partial charge >= 0.3 is 0 Å². The summed E-state index contributed by atoms with van der Waals surface area (Å²) in [7, 11) is 3.02. The molecule has 10 heteroatoms. The number of pyridine rings is 2. The highest BCUT2D eigenvalue weighted by atomic mass is 16.7. The van der Waals surface area contributed by atoms with Crippen LogP contribution in [0.5, 0.6) is 23.1 Å². The fourth-order valence-corrected chi connectivity index (χ4v) is 4.61. The molecule has 0 amide bonds. The summed E-state index contributed by atoms with van der Waals surface area (Å²) in [6.07, 6.45) is 5.95. The van der Waals surface area contributed by atoms with Gasteiger partial charge in [0.15, 0.2) is 23.0 Å². The van der Waals surface area contributed by atoms with Crippen LogP contribution in [0.4, 0.5) is 0 Å². The monoisotopic (exact) mass is 460 g/mol. The van der Waals surface area contributed by atoms with Crippen LogP contribution in [-0.4, -0.2) is 45.9 Å². The number of ether oxygens (including phenoxy) is 4. The van der Waals surface area contributed by atoms with Gasteiger partial charge in [0.1, 0.15) is 5.69 Å². The van der Waals surface area contributed by atoms with E-state index in [0.29, 0.717) is 75.9 Å². The predicted molar refractivity (Wildman–Crippen MR) is 121 cm³/mol. The number of nitrogens with zero attached hydrogens (tertiary/aromatic N) is 4. The highest BCUT2D eigenvalue weighted by Gasteiger charge is 2.37. The molecule has 34 heavy (non-hydrogen) atoms. The Hall–Kier alpha value is -4.34. The van der Waals surface area contributed by atoms with Crippen LogP contribution in [-0.2, 0) is 13.1 Å². The van der Waals surface area contributed by atoms with Crippen LogP contribution >= 0.6 is 0 Å². The van der Waals surface area contributed by atoms with Crippen molar-refractivity contribution in [2.75, 3.05) is 21.0 Å². The van der Waals surface area contributed by atoms with E-state index in [4.69, 9.17) is 18.9 Å². The summed E-state index contributed by atoms with van der Waals surface area (Å²) in [4.78, 5) is 36.0. The van der Waals surface area contributed by atoms with Crippen LogP contribution in [0.15, 0.2) is 41.7 Å². The number of hydrogen-bond acceptors (Lipinski definition) is 8. The van der Waals surface area contributed by atoms with Crippen molar-refractivity contribution in [3.8, 4) is 34.5 Å². The molecule has 3 aromatic heterocycles. The largest absolute Gasteiger partial charge is 0.493 e. The van der Waals surface area contributed by atoms with E-state index < -0.39 is 0 Å². The molecule has 172 valence electrons. The molecule has 1 aliphatic carbocycles. The maximum atomic E-state index is 13.8. The van der Waals surface area contributed by atoms with E-state index >= 15 is 0 Å². The van der Waals surface area contributed by atoms with Gasteiger partial charge in [-0.15, -0.1) is 0 Å². The fraction of sp³-hybridized carbons (Fsp3) is 0.250. The van der Waals surface area contributed by atoms with Gasteiger partial charge in [0.2, 0.25) is 6.79 Å². The third kappa shape index (κ3) is 2.88. The standard InChI is InChI=1S/C24H20N4O6/c1-31-16-8-13-14(9-17(16)32-2)24(30)28(6-3-5-27-7-4-25-11-27)21-19(13)22(29)15-10-18-23(26-20(15)21)34-12-33-18/h4,7-11H,3,5-6,12H2,1-2H3. The maximum absolute atomic E-state index is 13.8. The fourth-order valence-electron chi connectivity index (χ4n) is 4.61. The van der Waals surface area contributed by atoms with Crippen LogP contribution < -0.4 is 24.5 Å². The minimum absolute atomic E-state index is 0.0404. The average molecular weight is 460 g/mol. The average Bonchev–Trinajstić information content (AvgIpc) is 3.59. The lowest BCUT2D eigenvalue weighted by molar-refractivity contribution is 0.104. The zero-order chi connectivity index (χ0) is 23.4. The van der Waals surface area contributed by atoms with Gasteiger partial charge in [-0.3, -0.25) is 9.59 Å². The Morgan fingerprint density at radius 3 is 2.56 bits per heavy atom. The summed E-state index contributed by atoms with van der Waals surface area (Å²) in [6, 6.07) is 4.94. The minimum atomic E-state index is -0.236. The lowest BCUT2D eigenvalue weighted by Crippen LogP contribution is -2.24. The second-order valence-electron chi connectivity index (χ2n) is 8.01. The van der Waals surface area contributed by atoms with Crippen LogP contribution in [0.25, 0.3) is 22.2 Å². The Morgan fingerprint density at radius 2 is 1.82 bits per heavy atom. The molecule has 0 radical (unpaired) electrons. The van der Waals surface area contributed by atoms with Gasteiger partial charge in [-0.05, 0) is 24.6 Å². The van der Waals surface area contributed by atoms with Gasteiger partial charge in [-0.1, -0.05) is 0 Å². The molecule has 0 atom stereocenters. The van der Waals surface area contributed by atoms with Crippen molar-refractivity contribution in [2.24, 2.45) is 0 Å². The van der Waals surface area contributed by atoms with Crippen LogP contribution in [0, 0.1) is 0 Å². The van der Waals surface area contributed by atoms with E-state index in [9.17, 15) is 9.59 Å². The zero-order valence-corrected chi connectivity index (χ0v) is 18.5. The minimum Gasteiger partial charge on any atom is -0.493 e. The molecule has 0 saturated carbocycles. The molecule has 4 heterocycles. The van der Waals surface area contributed by atoms with Crippen molar-refractivity contribution in [3.05, 3.63) is 58.4 Å². The number of carbonyl (C=O) groups is 1. The van der Waals surface area contributed by atoms with E-state index in [2.05, 4.69) is 9.97 Å². The van der Waals surface area contributed by atoms with E-state index in [-0.39, 0.29) is 18.1 Å². The normalized spacial score (nSPS) is 13.3. The van der Waals surface area contributed by atoms with Crippen molar-refractivity contribution in [1.82, 2.24) is 19.1 Å². The number of ketones is 1. The summed E-state index contributed by atoms with van der Waals surface area (Å²) in [5.41, 5.74) is 1.45. The number of hydrogen-bond donors (Lipinski definition) is 0. The second-order valence-corrected chi connectivity index (χ2v) is 8.01. The van der Waals surface area contributed by atoms with Crippen molar-refractivity contribution in [2.45, 2.75) is 19.5 Å². The molecule has 4 aromatic rings. The van der Waals surface area contributed by atoms with E-state index in [1.807, 2.05) is 10.8 Å².